The number of rotatable bonds is 2. The van der Waals surface area contributed by atoms with Gasteiger partial charge in [-0.15, -0.1) is 0 Å². The number of benzene rings is 1. The van der Waals surface area contributed by atoms with Gasteiger partial charge in [-0.1, -0.05) is 18.2 Å². The Bertz CT molecular complexity index is 727. The Labute approximate surface area is 150 Å². The first-order chi connectivity index (χ1) is 11.3. The van der Waals surface area contributed by atoms with Crippen molar-refractivity contribution in [3.63, 3.8) is 0 Å². The summed E-state index contributed by atoms with van der Waals surface area (Å²) in [6.45, 7) is 5.64. The lowest BCUT2D eigenvalue weighted by Crippen LogP contribution is -2.41. The van der Waals surface area contributed by atoms with E-state index in [-0.39, 0.29) is 12.1 Å². The molecule has 6 heteroatoms. The zero-order chi connectivity index (χ0) is 17.3. The van der Waals surface area contributed by atoms with Crippen molar-refractivity contribution in [2.24, 2.45) is 0 Å². The van der Waals surface area contributed by atoms with Crippen molar-refractivity contribution in [2.75, 3.05) is 0 Å². The molecule has 1 heterocycles. The number of aromatic nitrogens is 2. The molecule has 1 aliphatic rings. The predicted octanol–water partition coefficient (Wildman–Crippen LogP) is 4.81. The van der Waals surface area contributed by atoms with E-state index in [1.807, 2.05) is 32.9 Å². The van der Waals surface area contributed by atoms with E-state index < -0.39 is 5.60 Å². The molecular formula is C18H24BrN3O2. The highest BCUT2D eigenvalue weighted by molar-refractivity contribution is 9.10. The quantitative estimate of drug-likeness (QED) is 0.796. The van der Waals surface area contributed by atoms with E-state index in [1.54, 1.807) is 0 Å². The molecule has 1 aliphatic carbocycles. The summed E-state index contributed by atoms with van der Waals surface area (Å²) >= 11 is 3.55. The van der Waals surface area contributed by atoms with Crippen LogP contribution in [0.1, 0.15) is 52.5 Å². The number of amides is 1. The van der Waals surface area contributed by atoms with Crippen molar-refractivity contribution < 1.29 is 9.53 Å². The number of hydrogen-bond acceptors (Lipinski definition) is 3. The number of nitrogens with zero attached hydrogens (tertiary/aromatic N) is 2. The number of carbonyl (C=O) groups is 1. The smallest absolute Gasteiger partial charge is 0.407 e. The van der Waals surface area contributed by atoms with E-state index in [1.165, 1.54) is 0 Å². The van der Waals surface area contributed by atoms with Crippen LogP contribution in [0, 0.1) is 0 Å². The highest BCUT2D eigenvalue weighted by atomic mass is 79.9. The minimum absolute atomic E-state index is 0.182. The second kappa shape index (κ2) is 6.75. The molecule has 3 rings (SSSR count). The normalized spacial score (nSPS) is 21.7. The molecule has 0 atom stereocenters. The van der Waals surface area contributed by atoms with Gasteiger partial charge in [-0.3, -0.25) is 4.68 Å². The fourth-order valence-corrected chi connectivity index (χ4v) is 3.77. The molecule has 0 radical (unpaired) electrons. The molecule has 1 aromatic carbocycles. The summed E-state index contributed by atoms with van der Waals surface area (Å²) in [6, 6.07) is 8.82. The lowest BCUT2D eigenvalue weighted by Gasteiger charge is -2.30. The third kappa shape index (κ3) is 3.91. The van der Waals surface area contributed by atoms with Gasteiger partial charge in [0.2, 0.25) is 0 Å². The Kier molecular flexibility index (Phi) is 4.85. The highest BCUT2D eigenvalue weighted by Gasteiger charge is 2.27. The Hall–Kier alpha value is -1.56. The molecule has 0 bridgehead atoms. The molecule has 0 saturated heterocycles. The largest absolute Gasteiger partial charge is 0.444 e. The number of alkyl carbamates (subject to hydrolysis) is 1. The van der Waals surface area contributed by atoms with E-state index in [0.717, 1.165) is 41.2 Å². The first-order valence-corrected chi connectivity index (χ1v) is 9.25. The third-order valence-electron chi connectivity index (χ3n) is 4.33. The van der Waals surface area contributed by atoms with E-state index >= 15 is 0 Å². The molecule has 1 aromatic heterocycles. The maximum absolute atomic E-state index is 11.9. The predicted molar refractivity (Wildman–Crippen MR) is 98.1 cm³/mol. The Morgan fingerprint density at radius 1 is 1.25 bits per heavy atom. The molecule has 130 valence electrons. The molecular weight excluding hydrogens is 370 g/mol. The summed E-state index contributed by atoms with van der Waals surface area (Å²) in [5.41, 5.74) is 0.703. The summed E-state index contributed by atoms with van der Waals surface area (Å²) in [4.78, 5) is 11.9. The van der Waals surface area contributed by atoms with Crippen LogP contribution < -0.4 is 5.32 Å². The molecule has 24 heavy (non-hydrogen) atoms. The number of fused-ring (bicyclic) bond motifs is 1. The van der Waals surface area contributed by atoms with Crippen LogP contribution in [0.3, 0.4) is 0 Å². The number of nitrogens with one attached hydrogen (secondary N) is 1. The summed E-state index contributed by atoms with van der Waals surface area (Å²) in [5, 5.41) is 8.80. The second-order valence-electron chi connectivity index (χ2n) is 7.40. The van der Waals surface area contributed by atoms with Gasteiger partial charge in [0.05, 0.1) is 11.6 Å². The van der Waals surface area contributed by atoms with Crippen LogP contribution in [0.4, 0.5) is 4.79 Å². The fraction of sp³-hybridized carbons (Fsp3) is 0.556. The van der Waals surface area contributed by atoms with E-state index in [2.05, 4.69) is 43.2 Å². The Morgan fingerprint density at radius 3 is 2.58 bits per heavy atom. The topological polar surface area (TPSA) is 56.1 Å². The van der Waals surface area contributed by atoms with Gasteiger partial charge in [-0.2, -0.15) is 5.10 Å². The highest BCUT2D eigenvalue weighted by Crippen LogP contribution is 2.33. The van der Waals surface area contributed by atoms with Crippen LogP contribution in [0.25, 0.3) is 10.9 Å². The lowest BCUT2D eigenvalue weighted by atomic mass is 9.91. The first kappa shape index (κ1) is 17.3. The number of para-hydroxylation sites is 1. The van der Waals surface area contributed by atoms with Crippen LogP contribution in [-0.2, 0) is 4.74 Å². The molecule has 0 aliphatic heterocycles. The second-order valence-corrected chi connectivity index (χ2v) is 8.16. The molecule has 0 spiro atoms. The van der Waals surface area contributed by atoms with Crippen molar-refractivity contribution in [2.45, 2.75) is 64.1 Å². The Morgan fingerprint density at radius 2 is 1.92 bits per heavy atom. The van der Waals surface area contributed by atoms with E-state index in [0.29, 0.717) is 6.04 Å². The van der Waals surface area contributed by atoms with E-state index in [9.17, 15) is 4.79 Å². The minimum Gasteiger partial charge on any atom is -0.444 e. The van der Waals surface area contributed by atoms with Crippen LogP contribution >= 0.6 is 15.9 Å². The summed E-state index contributed by atoms with van der Waals surface area (Å²) in [7, 11) is 0. The van der Waals surface area contributed by atoms with Crippen molar-refractivity contribution in [3.05, 3.63) is 28.9 Å². The summed E-state index contributed by atoms with van der Waals surface area (Å²) in [5.74, 6) is 0. The number of hydrogen-bond donors (Lipinski definition) is 1. The zero-order valence-electron chi connectivity index (χ0n) is 14.4. The first-order valence-electron chi connectivity index (χ1n) is 8.46. The minimum atomic E-state index is -0.457. The maximum atomic E-state index is 11.9. The van der Waals surface area contributed by atoms with Gasteiger partial charge in [0, 0.05) is 11.4 Å². The standard InChI is InChI=1S/C18H24BrN3O2/c1-18(2,3)24-17(23)20-12-8-10-13(11-9-12)22-15-7-5-4-6-14(15)16(19)21-22/h4-7,12-13H,8-11H2,1-3H3,(H,20,23). The van der Waals surface area contributed by atoms with Gasteiger partial charge in [0.1, 0.15) is 10.2 Å². The van der Waals surface area contributed by atoms with Crippen LogP contribution in [0.2, 0.25) is 0 Å². The van der Waals surface area contributed by atoms with Crippen LogP contribution in [0.5, 0.6) is 0 Å². The van der Waals surface area contributed by atoms with Crippen molar-refractivity contribution in [3.8, 4) is 0 Å². The fourth-order valence-electron chi connectivity index (χ4n) is 3.27. The number of halogens is 1. The number of ether oxygens (including phenoxy) is 1. The maximum Gasteiger partial charge on any atom is 0.407 e. The SMILES string of the molecule is CC(C)(C)OC(=O)NC1CCC(n2nc(Br)c3ccccc32)CC1. The van der Waals surface area contributed by atoms with Crippen molar-refractivity contribution in [1.82, 2.24) is 15.1 Å². The molecule has 2 aromatic rings. The van der Waals surface area contributed by atoms with Gasteiger partial charge < -0.3 is 10.1 Å². The van der Waals surface area contributed by atoms with E-state index in [4.69, 9.17) is 4.74 Å². The summed E-state index contributed by atoms with van der Waals surface area (Å²) < 4.78 is 8.36. The molecule has 0 unspecified atom stereocenters. The summed E-state index contributed by atoms with van der Waals surface area (Å²) in [6.07, 6.45) is 3.56. The van der Waals surface area contributed by atoms with Gasteiger partial charge in [-0.05, 0) is 68.5 Å². The number of carbonyl (C=O) groups excluding carboxylic acids is 1. The zero-order valence-corrected chi connectivity index (χ0v) is 16.0. The van der Waals surface area contributed by atoms with Crippen LogP contribution in [-0.4, -0.2) is 27.5 Å². The molecule has 1 N–H and O–H groups in total. The molecule has 5 nitrogen and oxygen atoms in total. The molecule has 1 saturated carbocycles. The Balaban J connectivity index is 1.62. The van der Waals surface area contributed by atoms with Gasteiger partial charge in [-0.25, -0.2) is 4.79 Å². The van der Waals surface area contributed by atoms with Crippen molar-refractivity contribution in [1.29, 1.82) is 0 Å². The lowest BCUT2D eigenvalue weighted by molar-refractivity contribution is 0.0487. The third-order valence-corrected chi connectivity index (χ3v) is 4.92. The van der Waals surface area contributed by atoms with Gasteiger partial charge in [0.15, 0.2) is 0 Å². The molecule has 1 amide bonds. The van der Waals surface area contributed by atoms with Gasteiger partial charge >= 0.3 is 6.09 Å². The van der Waals surface area contributed by atoms with Crippen molar-refractivity contribution >= 4 is 32.9 Å². The average Bonchev–Trinajstić information content (AvgIpc) is 2.84. The average molecular weight is 394 g/mol. The van der Waals surface area contributed by atoms with Gasteiger partial charge in [0.25, 0.3) is 0 Å². The monoisotopic (exact) mass is 393 g/mol. The van der Waals surface area contributed by atoms with Crippen LogP contribution in [0.15, 0.2) is 28.9 Å². The molecule has 1 fully saturated rings.